The predicted octanol–water partition coefficient (Wildman–Crippen LogP) is 4.23. The van der Waals surface area contributed by atoms with Crippen LogP contribution in [0.2, 0.25) is 0 Å². The molecule has 2 aromatic rings. The Balaban J connectivity index is 2.25. The smallest absolute Gasteiger partial charge is 0.0343 e. The number of thiophene rings is 1. The lowest BCUT2D eigenvalue weighted by atomic mass is 10.1. The molecule has 72 valence electrons. The largest absolute Gasteiger partial charge is 0.179 e. The van der Waals surface area contributed by atoms with Crippen LogP contribution in [0.1, 0.15) is 12.0 Å². The molecule has 0 unspecified atom stereocenters. The van der Waals surface area contributed by atoms with E-state index in [4.69, 9.17) is 0 Å². The van der Waals surface area contributed by atoms with Crippen molar-refractivity contribution in [3.63, 3.8) is 0 Å². The fraction of sp³-hybridized carbons (Fsp3) is 0.167. The Morgan fingerprint density at radius 3 is 3.07 bits per heavy atom. The van der Waals surface area contributed by atoms with Crippen LogP contribution in [-0.2, 0) is 0 Å². The van der Waals surface area contributed by atoms with E-state index < -0.39 is 0 Å². The first-order chi connectivity index (χ1) is 6.90. The van der Waals surface area contributed by atoms with E-state index in [0.717, 1.165) is 12.2 Å². The minimum atomic E-state index is 0.914. The van der Waals surface area contributed by atoms with Crippen molar-refractivity contribution in [1.29, 1.82) is 0 Å². The number of benzene rings is 1. The van der Waals surface area contributed by atoms with Crippen molar-refractivity contribution in [2.75, 3.05) is 5.75 Å². The first-order valence-electron chi connectivity index (χ1n) is 4.65. The topological polar surface area (TPSA) is 0 Å². The minimum absolute atomic E-state index is 0.914. The second kappa shape index (κ2) is 4.67. The summed E-state index contributed by atoms with van der Waals surface area (Å²) in [4.78, 5) is 0. The lowest BCUT2D eigenvalue weighted by Crippen LogP contribution is -1.71. The highest BCUT2D eigenvalue weighted by molar-refractivity contribution is 7.80. The fourth-order valence-corrected chi connectivity index (χ4v) is 2.30. The second-order valence-electron chi connectivity index (χ2n) is 3.13. The predicted molar refractivity (Wildman–Crippen MR) is 69.3 cm³/mol. The summed E-state index contributed by atoms with van der Waals surface area (Å²) in [7, 11) is 0. The Hall–Kier alpha value is -0.730. The van der Waals surface area contributed by atoms with Gasteiger partial charge in [0.05, 0.1) is 0 Å². The van der Waals surface area contributed by atoms with Crippen molar-refractivity contribution in [3.8, 4) is 0 Å². The standard InChI is InChI=1S/C12H12S2/c13-7-2-1-3-10-4-5-12-11(9-10)6-8-14-12/h1,3-6,8-9,13H,2,7H2. The maximum absolute atomic E-state index is 4.17. The number of rotatable bonds is 3. The van der Waals surface area contributed by atoms with E-state index in [-0.39, 0.29) is 0 Å². The number of fused-ring (bicyclic) bond motifs is 1. The Kier molecular flexibility index (Phi) is 3.27. The van der Waals surface area contributed by atoms with Gasteiger partial charge in [0.1, 0.15) is 0 Å². The Bertz CT molecular complexity index is 440. The van der Waals surface area contributed by atoms with Gasteiger partial charge in [-0.15, -0.1) is 11.3 Å². The zero-order chi connectivity index (χ0) is 9.80. The van der Waals surface area contributed by atoms with Crippen LogP contribution in [-0.4, -0.2) is 5.75 Å². The third-order valence-electron chi connectivity index (χ3n) is 2.08. The minimum Gasteiger partial charge on any atom is -0.179 e. The zero-order valence-electron chi connectivity index (χ0n) is 7.81. The van der Waals surface area contributed by atoms with Crippen molar-refractivity contribution in [3.05, 3.63) is 41.3 Å². The average molecular weight is 220 g/mol. The molecule has 0 radical (unpaired) electrons. The summed E-state index contributed by atoms with van der Waals surface area (Å²) in [6.07, 6.45) is 5.36. The molecule has 0 aliphatic rings. The molecule has 1 aromatic heterocycles. The summed E-state index contributed by atoms with van der Waals surface area (Å²) in [5, 5.41) is 3.47. The van der Waals surface area contributed by atoms with E-state index in [2.05, 4.69) is 54.4 Å². The van der Waals surface area contributed by atoms with Gasteiger partial charge in [0.15, 0.2) is 0 Å². The molecule has 0 spiro atoms. The normalized spacial score (nSPS) is 11.5. The molecule has 0 aliphatic carbocycles. The van der Waals surface area contributed by atoms with E-state index in [1.54, 1.807) is 11.3 Å². The van der Waals surface area contributed by atoms with Gasteiger partial charge >= 0.3 is 0 Å². The number of hydrogen-bond donors (Lipinski definition) is 1. The van der Waals surface area contributed by atoms with Crippen molar-refractivity contribution >= 4 is 40.1 Å². The van der Waals surface area contributed by atoms with E-state index in [9.17, 15) is 0 Å². The van der Waals surface area contributed by atoms with Gasteiger partial charge in [-0.05, 0) is 46.7 Å². The van der Waals surface area contributed by atoms with Gasteiger partial charge in [0.25, 0.3) is 0 Å². The van der Waals surface area contributed by atoms with Crippen LogP contribution in [0.25, 0.3) is 16.2 Å². The molecule has 1 aromatic carbocycles. The third-order valence-corrected chi connectivity index (χ3v) is 3.24. The highest BCUT2D eigenvalue weighted by atomic mass is 32.1. The van der Waals surface area contributed by atoms with Crippen LogP contribution in [0.3, 0.4) is 0 Å². The molecule has 0 nitrogen and oxygen atoms in total. The van der Waals surface area contributed by atoms with Crippen LogP contribution in [0.15, 0.2) is 35.7 Å². The summed E-state index contributed by atoms with van der Waals surface area (Å²) >= 11 is 5.95. The number of allylic oxidation sites excluding steroid dienone is 1. The molecule has 0 saturated heterocycles. The quantitative estimate of drug-likeness (QED) is 0.735. The third kappa shape index (κ3) is 2.20. The molecule has 2 rings (SSSR count). The molecule has 0 aliphatic heterocycles. The summed E-state index contributed by atoms with van der Waals surface area (Å²) in [5.74, 6) is 0.914. The van der Waals surface area contributed by atoms with Crippen LogP contribution in [0, 0.1) is 0 Å². The maximum atomic E-state index is 4.17. The first kappa shape index (κ1) is 9.81. The average Bonchev–Trinajstić information content (AvgIpc) is 2.65. The van der Waals surface area contributed by atoms with Crippen LogP contribution in [0.5, 0.6) is 0 Å². The van der Waals surface area contributed by atoms with Crippen molar-refractivity contribution in [1.82, 2.24) is 0 Å². The lowest BCUT2D eigenvalue weighted by molar-refractivity contribution is 1.26. The van der Waals surface area contributed by atoms with Gasteiger partial charge < -0.3 is 0 Å². The van der Waals surface area contributed by atoms with E-state index >= 15 is 0 Å². The van der Waals surface area contributed by atoms with E-state index in [1.807, 2.05) is 0 Å². The Morgan fingerprint density at radius 1 is 1.29 bits per heavy atom. The van der Waals surface area contributed by atoms with Gasteiger partial charge in [0, 0.05) is 4.70 Å². The lowest BCUT2D eigenvalue weighted by Gasteiger charge is -1.93. The van der Waals surface area contributed by atoms with Crippen LogP contribution in [0.4, 0.5) is 0 Å². The number of hydrogen-bond acceptors (Lipinski definition) is 2. The van der Waals surface area contributed by atoms with Gasteiger partial charge in [-0.25, -0.2) is 0 Å². The molecule has 2 heteroatoms. The summed E-state index contributed by atoms with van der Waals surface area (Å²) in [5.41, 5.74) is 1.28. The highest BCUT2D eigenvalue weighted by Gasteiger charge is 1.94. The summed E-state index contributed by atoms with van der Waals surface area (Å²) in [6, 6.07) is 8.73. The SMILES string of the molecule is SCCC=Cc1ccc2sccc2c1. The van der Waals surface area contributed by atoms with Crippen molar-refractivity contribution in [2.45, 2.75) is 6.42 Å². The molecule has 14 heavy (non-hydrogen) atoms. The molecule has 0 atom stereocenters. The first-order valence-corrected chi connectivity index (χ1v) is 6.16. The van der Waals surface area contributed by atoms with Crippen molar-refractivity contribution in [2.24, 2.45) is 0 Å². The van der Waals surface area contributed by atoms with Gasteiger partial charge in [-0.1, -0.05) is 18.2 Å². The Morgan fingerprint density at radius 2 is 2.21 bits per heavy atom. The van der Waals surface area contributed by atoms with Crippen LogP contribution < -0.4 is 0 Å². The van der Waals surface area contributed by atoms with Crippen molar-refractivity contribution < 1.29 is 0 Å². The fourth-order valence-electron chi connectivity index (χ4n) is 1.38. The highest BCUT2D eigenvalue weighted by Crippen LogP contribution is 2.22. The molecule has 1 heterocycles. The van der Waals surface area contributed by atoms with E-state index in [0.29, 0.717) is 0 Å². The molecule has 0 amide bonds. The van der Waals surface area contributed by atoms with Crippen LogP contribution >= 0.6 is 24.0 Å². The second-order valence-corrected chi connectivity index (χ2v) is 4.53. The molecular weight excluding hydrogens is 208 g/mol. The van der Waals surface area contributed by atoms with Gasteiger partial charge in [0.2, 0.25) is 0 Å². The van der Waals surface area contributed by atoms with Gasteiger partial charge in [-0.2, -0.15) is 12.6 Å². The van der Waals surface area contributed by atoms with Gasteiger partial charge in [-0.3, -0.25) is 0 Å². The zero-order valence-corrected chi connectivity index (χ0v) is 9.52. The maximum Gasteiger partial charge on any atom is 0.0343 e. The summed E-state index contributed by atoms with van der Waals surface area (Å²) in [6.45, 7) is 0. The van der Waals surface area contributed by atoms with E-state index in [1.165, 1.54) is 15.6 Å². The summed E-state index contributed by atoms with van der Waals surface area (Å²) < 4.78 is 1.36. The monoisotopic (exact) mass is 220 g/mol. The molecule has 0 fully saturated rings. The number of thiol groups is 1. The Labute approximate surface area is 93.7 Å². The molecule has 0 N–H and O–H groups in total. The molecule has 0 bridgehead atoms. The molecule has 0 saturated carbocycles. The molecular formula is C12H12S2.